The molecule has 0 bridgehead atoms. The van der Waals surface area contributed by atoms with Crippen LogP contribution in [0, 0.1) is 0 Å². The van der Waals surface area contributed by atoms with Crippen molar-refractivity contribution in [2.75, 3.05) is 0 Å². The van der Waals surface area contributed by atoms with E-state index in [4.69, 9.17) is 42.7 Å². The quantitative estimate of drug-likeness (QED) is 0.204. The van der Waals surface area contributed by atoms with E-state index in [1.807, 2.05) is 13.8 Å². The summed E-state index contributed by atoms with van der Waals surface area (Å²) in [6.07, 6.45) is 0. The lowest BCUT2D eigenvalue weighted by Gasteiger charge is -2.22. The van der Waals surface area contributed by atoms with Gasteiger partial charge in [-0.2, -0.15) is 0 Å². The molecular formula is C24H13Br3Cl2N6O4. The first-order valence-electron chi connectivity index (χ1n) is 11.6. The fraction of sp³-hybridized carbons (Fsp3) is 0.167. The van der Waals surface area contributed by atoms with Crippen LogP contribution in [0.3, 0.4) is 0 Å². The van der Waals surface area contributed by atoms with E-state index in [0.29, 0.717) is 71.4 Å². The third kappa shape index (κ3) is 3.30. The minimum Gasteiger partial charge on any atom is -0.451 e. The molecule has 7 rings (SSSR count). The zero-order valence-corrected chi connectivity index (χ0v) is 26.1. The molecule has 10 nitrogen and oxygen atoms in total. The van der Waals surface area contributed by atoms with Gasteiger partial charge in [0.2, 0.25) is 0 Å². The van der Waals surface area contributed by atoms with Gasteiger partial charge in [-0.25, -0.2) is 19.6 Å². The number of aromatic amines is 2. The summed E-state index contributed by atoms with van der Waals surface area (Å²) >= 11 is 24.5. The van der Waals surface area contributed by atoms with Gasteiger partial charge in [0.15, 0.2) is 23.0 Å². The number of ether oxygens (including phenoxy) is 2. The molecule has 0 saturated carbocycles. The molecule has 0 fully saturated rings. The van der Waals surface area contributed by atoms with Crippen LogP contribution < -0.4 is 31.6 Å². The van der Waals surface area contributed by atoms with Gasteiger partial charge in [0.05, 0.1) is 35.5 Å². The zero-order valence-electron chi connectivity index (χ0n) is 19.8. The van der Waals surface area contributed by atoms with Gasteiger partial charge in [0, 0.05) is 19.2 Å². The largest absolute Gasteiger partial charge is 0.451 e. The van der Waals surface area contributed by atoms with Crippen LogP contribution in [0.15, 0.2) is 39.1 Å². The Balaban J connectivity index is 1.52. The Bertz CT molecular complexity index is 2220. The lowest BCUT2D eigenvalue weighted by Crippen LogP contribution is -2.22. The molecule has 0 radical (unpaired) electrons. The molecule has 2 aliphatic heterocycles. The summed E-state index contributed by atoms with van der Waals surface area (Å²) in [4.78, 5) is 40.2. The van der Waals surface area contributed by atoms with Crippen LogP contribution in [0.4, 0.5) is 11.4 Å². The molecule has 0 saturated heterocycles. The summed E-state index contributed by atoms with van der Waals surface area (Å²) in [5.74, 6) is 1.15. The number of halogens is 5. The van der Waals surface area contributed by atoms with E-state index in [0.717, 1.165) is 0 Å². The van der Waals surface area contributed by atoms with Gasteiger partial charge in [-0.3, -0.25) is 9.13 Å². The summed E-state index contributed by atoms with van der Waals surface area (Å²) < 4.78 is 17.3. The van der Waals surface area contributed by atoms with E-state index >= 15 is 0 Å². The Morgan fingerprint density at radius 1 is 0.795 bits per heavy atom. The summed E-state index contributed by atoms with van der Waals surface area (Å²) in [6.45, 7) is 4.66. The highest BCUT2D eigenvalue weighted by molar-refractivity contribution is 9.11. The molecule has 39 heavy (non-hydrogen) atoms. The second kappa shape index (κ2) is 8.71. The van der Waals surface area contributed by atoms with Gasteiger partial charge < -0.3 is 19.4 Å². The number of aromatic nitrogens is 4. The molecule has 2 aliphatic rings. The number of imidazole rings is 2. The van der Waals surface area contributed by atoms with Gasteiger partial charge in [0.25, 0.3) is 0 Å². The summed E-state index contributed by atoms with van der Waals surface area (Å²) in [7, 11) is 0. The predicted octanol–water partition coefficient (Wildman–Crippen LogP) is 6.72. The van der Waals surface area contributed by atoms with Crippen LogP contribution in [0.5, 0.6) is 23.0 Å². The van der Waals surface area contributed by atoms with Crippen LogP contribution >= 0.6 is 71.0 Å². The van der Waals surface area contributed by atoms with E-state index < -0.39 is 0 Å². The smallest absolute Gasteiger partial charge is 0.326 e. The Morgan fingerprint density at radius 2 is 1.36 bits per heavy atom. The number of benzene rings is 3. The number of hydrogen-bond donors (Lipinski definition) is 2. The normalized spacial score (nSPS) is 13.2. The van der Waals surface area contributed by atoms with Crippen LogP contribution in [-0.2, 0) is 13.1 Å². The molecule has 5 aromatic rings. The first-order valence-corrected chi connectivity index (χ1v) is 14.7. The standard InChI is InChI=1S/C24H13Br3Cl2N6O4/c1-3-34-6-5-7-14(8(25)13(6)32-23(34)36)30-17-12(29)22-18(11(28)21(17)38-7)31-16-9(26)15-19(10(27)20(16)39-22)35(4-2)24(37)33-15/h5H,3-4H2,1-2H3,(H,32,36)(H,33,37). The van der Waals surface area contributed by atoms with Crippen LogP contribution in [0.1, 0.15) is 13.8 Å². The van der Waals surface area contributed by atoms with Crippen LogP contribution in [0.2, 0.25) is 10.0 Å². The number of aryl methyl sites for hydroxylation is 2. The van der Waals surface area contributed by atoms with Crippen molar-refractivity contribution in [1.29, 1.82) is 0 Å². The van der Waals surface area contributed by atoms with E-state index in [9.17, 15) is 9.59 Å². The molecular weight excluding hydrogens is 747 g/mol. The Hall–Kier alpha value is -2.58. The molecule has 0 amide bonds. The Labute approximate surface area is 252 Å². The average Bonchev–Trinajstić information content (AvgIpc) is 3.44. The highest BCUT2D eigenvalue weighted by Gasteiger charge is 2.32. The van der Waals surface area contributed by atoms with Crippen molar-refractivity contribution in [3.63, 3.8) is 0 Å². The third-order valence-electron chi connectivity index (χ3n) is 6.73. The van der Waals surface area contributed by atoms with Crippen molar-refractivity contribution >= 4 is 104 Å². The van der Waals surface area contributed by atoms with Gasteiger partial charge in [-0.1, -0.05) is 23.2 Å². The van der Waals surface area contributed by atoms with Crippen molar-refractivity contribution in [1.82, 2.24) is 19.1 Å². The summed E-state index contributed by atoms with van der Waals surface area (Å²) in [5, 5.41) is 0.793. The maximum atomic E-state index is 12.5. The van der Waals surface area contributed by atoms with Crippen molar-refractivity contribution in [3.05, 3.63) is 61.2 Å². The lowest BCUT2D eigenvalue weighted by molar-refractivity contribution is 0.450. The predicted molar refractivity (Wildman–Crippen MR) is 158 cm³/mol. The number of rotatable bonds is 2. The minimum absolute atomic E-state index is 0.140. The van der Waals surface area contributed by atoms with Crippen molar-refractivity contribution in [2.24, 2.45) is 9.98 Å². The van der Waals surface area contributed by atoms with Crippen LogP contribution in [-0.4, -0.2) is 19.1 Å². The van der Waals surface area contributed by atoms with E-state index in [-0.39, 0.29) is 43.6 Å². The van der Waals surface area contributed by atoms with E-state index in [1.165, 1.54) is 0 Å². The first-order chi connectivity index (χ1) is 18.7. The number of fused-ring (bicyclic) bond motifs is 6. The molecule has 15 heteroatoms. The fourth-order valence-electron chi connectivity index (χ4n) is 4.94. The maximum Gasteiger partial charge on any atom is 0.326 e. The molecule has 0 aliphatic carbocycles. The second-order valence-corrected chi connectivity index (χ2v) is 11.9. The van der Waals surface area contributed by atoms with Gasteiger partial charge >= 0.3 is 11.4 Å². The molecule has 2 N–H and O–H groups in total. The second-order valence-electron chi connectivity index (χ2n) is 8.72. The third-order valence-corrected chi connectivity index (χ3v) is 9.71. The molecule has 0 atom stereocenters. The molecule has 198 valence electrons. The van der Waals surface area contributed by atoms with Crippen molar-refractivity contribution in [2.45, 2.75) is 26.9 Å². The first kappa shape index (κ1) is 25.4. The average molecular weight is 760 g/mol. The molecule has 0 spiro atoms. The highest BCUT2D eigenvalue weighted by atomic mass is 79.9. The maximum absolute atomic E-state index is 12.5. The SMILES string of the molecule is CCn1c(=O)[nH]c2c(Br)c3c(cc21)Oc1c(Cl)c2c(c(Cl)c1=N3)Oc1c(c(Br)c3[nH]c(=O)n(CC)c3c1Br)N=2. The van der Waals surface area contributed by atoms with Gasteiger partial charge in [-0.05, 0) is 61.6 Å². The van der Waals surface area contributed by atoms with Crippen molar-refractivity contribution in [3.8, 4) is 23.0 Å². The molecule has 2 aromatic heterocycles. The summed E-state index contributed by atoms with van der Waals surface area (Å²) in [5.41, 5.74) is 2.77. The van der Waals surface area contributed by atoms with Crippen molar-refractivity contribution < 1.29 is 9.47 Å². The number of nitrogens with zero attached hydrogens (tertiary/aromatic N) is 4. The minimum atomic E-state index is -0.263. The Kier molecular flexibility index (Phi) is 5.67. The van der Waals surface area contributed by atoms with Gasteiger partial charge in [0.1, 0.15) is 32.1 Å². The highest BCUT2D eigenvalue weighted by Crippen LogP contribution is 2.51. The fourth-order valence-corrected chi connectivity index (χ4v) is 7.28. The summed E-state index contributed by atoms with van der Waals surface area (Å²) in [6, 6.07) is 1.73. The molecule has 4 heterocycles. The van der Waals surface area contributed by atoms with E-state index in [1.54, 1.807) is 15.2 Å². The number of H-pyrrole nitrogens is 2. The van der Waals surface area contributed by atoms with Crippen LogP contribution in [0.25, 0.3) is 22.1 Å². The topological polar surface area (TPSA) is 119 Å². The monoisotopic (exact) mass is 756 g/mol. The number of nitrogens with one attached hydrogen (secondary N) is 2. The molecule has 3 aromatic carbocycles. The number of hydrogen-bond acceptors (Lipinski definition) is 6. The van der Waals surface area contributed by atoms with Gasteiger partial charge in [-0.15, -0.1) is 0 Å². The molecule has 0 unspecified atom stereocenters. The van der Waals surface area contributed by atoms with E-state index in [2.05, 4.69) is 57.8 Å². The zero-order chi connectivity index (χ0) is 27.5. The Morgan fingerprint density at radius 3 is 2.03 bits per heavy atom. The lowest BCUT2D eigenvalue weighted by atomic mass is 10.2.